The largest absolute Gasteiger partial charge is 0.301 e. The fourth-order valence-corrected chi connectivity index (χ4v) is 0.954. The molecule has 0 radical (unpaired) electrons. The number of anilines is 1. The van der Waals surface area contributed by atoms with Gasteiger partial charge in [-0.25, -0.2) is 0 Å². The van der Waals surface area contributed by atoms with Crippen molar-refractivity contribution in [3.05, 3.63) is 67.4 Å². The maximum atomic E-state index is 3.67. The van der Waals surface area contributed by atoms with Gasteiger partial charge in [0, 0.05) is 0 Å². The summed E-state index contributed by atoms with van der Waals surface area (Å²) < 4.78 is 0. The molecule has 0 amide bonds. The summed E-state index contributed by atoms with van der Waals surface area (Å²) in [6, 6.07) is 9.85. The molecule has 0 saturated heterocycles. The van der Waals surface area contributed by atoms with Gasteiger partial charge in [0.2, 0.25) is 0 Å². The van der Waals surface area contributed by atoms with Crippen LogP contribution in [0.3, 0.4) is 0 Å². The fraction of sp³-hybridized carbons (Fsp3) is 0. The molecule has 2 heteroatoms. The maximum Gasteiger partial charge on any atom is 0.0539 e. The first-order valence-electron chi connectivity index (χ1n) is 4.39. The van der Waals surface area contributed by atoms with E-state index >= 15 is 0 Å². The van der Waals surface area contributed by atoms with E-state index in [9.17, 15) is 0 Å². The summed E-state index contributed by atoms with van der Waals surface area (Å²) in [7, 11) is 0. The molecule has 0 heterocycles. The van der Waals surface area contributed by atoms with Gasteiger partial charge < -0.3 is 10.9 Å². The zero-order valence-electron chi connectivity index (χ0n) is 8.03. The van der Waals surface area contributed by atoms with Gasteiger partial charge in [-0.15, -0.1) is 0 Å². The average Bonchev–Trinajstić information content (AvgIpc) is 2.25. The Labute approximate surface area is 84.6 Å². The molecule has 2 nitrogen and oxygen atoms in total. The predicted octanol–water partition coefficient (Wildman–Crippen LogP) is 2.86. The lowest BCUT2D eigenvalue weighted by molar-refractivity contribution is 1.000. The van der Waals surface area contributed by atoms with E-state index in [2.05, 4.69) is 24.0 Å². The van der Waals surface area contributed by atoms with Crippen molar-refractivity contribution in [2.24, 2.45) is 0 Å². The molecule has 0 aromatic heterocycles. The summed E-state index contributed by atoms with van der Waals surface area (Å²) in [6.45, 7) is 7.28. The van der Waals surface area contributed by atoms with Gasteiger partial charge in [-0.1, -0.05) is 37.4 Å². The Balaban J connectivity index is 2.52. The normalized spacial score (nSPS) is 10.4. The van der Waals surface area contributed by atoms with Crippen LogP contribution >= 0.6 is 0 Å². The van der Waals surface area contributed by atoms with Crippen LogP contribution in [0.2, 0.25) is 0 Å². The quantitative estimate of drug-likeness (QED) is 0.545. The Bertz CT molecular complexity index is 325. The van der Waals surface area contributed by atoms with E-state index in [1.807, 2.05) is 36.4 Å². The van der Waals surface area contributed by atoms with Crippen LogP contribution in [0.5, 0.6) is 0 Å². The maximum absolute atomic E-state index is 3.67. The molecule has 0 atom stereocenters. The van der Waals surface area contributed by atoms with Crippen molar-refractivity contribution in [3.63, 3.8) is 0 Å². The van der Waals surface area contributed by atoms with Crippen LogP contribution in [0.15, 0.2) is 67.4 Å². The van der Waals surface area contributed by atoms with Crippen LogP contribution in [-0.4, -0.2) is 0 Å². The highest BCUT2D eigenvalue weighted by atomic mass is 15.4. The summed E-state index contributed by atoms with van der Waals surface area (Å²) in [5.41, 5.74) is 7.93. The molecule has 1 rings (SSSR count). The molecular formula is C12H14N2. The molecule has 14 heavy (non-hydrogen) atoms. The van der Waals surface area contributed by atoms with Crippen LogP contribution in [0.4, 0.5) is 5.69 Å². The van der Waals surface area contributed by atoms with E-state index in [0.717, 1.165) is 11.4 Å². The highest BCUT2D eigenvalue weighted by Gasteiger charge is 1.88. The minimum atomic E-state index is 0.879. The lowest BCUT2D eigenvalue weighted by Crippen LogP contribution is -2.19. The third-order valence-electron chi connectivity index (χ3n) is 1.64. The van der Waals surface area contributed by atoms with Crippen molar-refractivity contribution in [2.75, 3.05) is 5.43 Å². The first-order chi connectivity index (χ1) is 6.86. The van der Waals surface area contributed by atoms with Crippen molar-refractivity contribution in [1.29, 1.82) is 0 Å². The molecule has 1 aromatic carbocycles. The van der Waals surface area contributed by atoms with Gasteiger partial charge in [0.25, 0.3) is 0 Å². The first-order valence-corrected chi connectivity index (χ1v) is 4.39. The minimum Gasteiger partial charge on any atom is -0.301 e. The van der Waals surface area contributed by atoms with E-state index in [0.29, 0.717) is 0 Å². The summed E-state index contributed by atoms with van der Waals surface area (Å²) in [5, 5.41) is 0. The molecular weight excluding hydrogens is 172 g/mol. The van der Waals surface area contributed by atoms with Crippen molar-refractivity contribution in [2.45, 2.75) is 0 Å². The summed E-state index contributed by atoms with van der Waals surface area (Å²) >= 11 is 0. The van der Waals surface area contributed by atoms with Gasteiger partial charge in [-0.2, -0.15) is 0 Å². The second kappa shape index (κ2) is 5.65. The third kappa shape index (κ3) is 3.19. The Morgan fingerprint density at radius 3 is 2.43 bits per heavy atom. The zero-order valence-corrected chi connectivity index (χ0v) is 8.03. The van der Waals surface area contributed by atoms with Crippen molar-refractivity contribution >= 4 is 5.69 Å². The molecule has 2 N–H and O–H groups in total. The lowest BCUT2D eigenvalue weighted by Gasteiger charge is -2.09. The monoisotopic (exact) mass is 186 g/mol. The first kappa shape index (κ1) is 10.1. The van der Waals surface area contributed by atoms with Gasteiger partial charge in [0.05, 0.1) is 11.4 Å². The number of hydrazine groups is 1. The van der Waals surface area contributed by atoms with Gasteiger partial charge in [0.15, 0.2) is 0 Å². The van der Waals surface area contributed by atoms with Crippen LogP contribution in [0, 0.1) is 0 Å². The van der Waals surface area contributed by atoms with Crippen LogP contribution in [-0.2, 0) is 0 Å². The van der Waals surface area contributed by atoms with Crippen molar-refractivity contribution in [3.8, 4) is 0 Å². The highest BCUT2D eigenvalue weighted by molar-refractivity contribution is 5.42. The highest BCUT2D eigenvalue weighted by Crippen LogP contribution is 2.03. The van der Waals surface area contributed by atoms with E-state index in [4.69, 9.17) is 0 Å². The molecule has 0 aliphatic rings. The number of para-hydroxylation sites is 1. The predicted molar refractivity (Wildman–Crippen MR) is 61.7 cm³/mol. The lowest BCUT2D eigenvalue weighted by atomic mass is 10.3. The second-order valence-corrected chi connectivity index (χ2v) is 2.68. The fourth-order valence-electron chi connectivity index (χ4n) is 0.954. The molecule has 1 aromatic rings. The SMILES string of the molecule is C=C/C=C(\C=C)NNc1ccccc1. The van der Waals surface area contributed by atoms with E-state index < -0.39 is 0 Å². The third-order valence-corrected chi connectivity index (χ3v) is 1.64. The smallest absolute Gasteiger partial charge is 0.0539 e. The number of hydrogen-bond donors (Lipinski definition) is 2. The van der Waals surface area contributed by atoms with Crippen molar-refractivity contribution < 1.29 is 0 Å². The van der Waals surface area contributed by atoms with Crippen LogP contribution in [0.1, 0.15) is 0 Å². The molecule has 0 bridgehead atoms. The molecule has 0 spiro atoms. The number of allylic oxidation sites excluding steroid dienone is 3. The van der Waals surface area contributed by atoms with Crippen molar-refractivity contribution in [1.82, 2.24) is 5.43 Å². The molecule has 0 saturated carbocycles. The molecule has 0 aliphatic carbocycles. The number of hydrogen-bond acceptors (Lipinski definition) is 2. The molecule has 0 unspecified atom stereocenters. The Morgan fingerprint density at radius 2 is 1.86 bits per heavy atom. The number of rotatable bonds is 5. The molecule has 0 fully saturated rings. The van der Waals surface area contributed by atoms with E-state index in [1.54, 1.807) is 12.2 Å². The number of benzene rings is 1. The average molecular weight is 186 g/mol. The van der Waals surface area contributed by atoms with Crippen LogP contribution in [0.25, 0.3) is 0 Å². The summed E-state index contributed by atoms with van der Waals surface area (Å²) in [5.74, 6) is 0. The van der Waals surface area contributed by atoms with Gasteiger partial charge in [0.1, 0.15) is 0 Å². The topological polar surface area (TPSA) is 24.1 Å². The number of nitrogens with one attached hydrogen (secondary N) is 2. The Morgan fingerprint density at radius 1 is 1.14 bits per heavy atom. The van der Waals surface area contributed by atoms with Gasteiger partial charge >= 0.3 is 0 Å². The van der Waals surface area contributed by atoms with Gasteiger partial charge in [-0.05, 0) is 24.3 Å². The molecule has 0 aliphatic heterocycles. The Kier molecular flexibility index (Phi) is 4.08. The van der Waals surface area contributed by atoms with E-state index in [-0.39, 0.29) is 0 Å². The zero-order chi connectivity index (χ0) is 10.2. The summed E-state index contributed by atoms with van der Waals surface area (Å²) in [6.07, 6.45) is 5.26. The van der Waals surface area contributed by atoms with E-state index in [1.165, 1.54) is 0 Å². The summed E-state index contributed by atoms with van der Waals surface area (Å²) in [4.78, 5) is 0. The standard InChI is InChI=1S/C12H14N2/c1-3-8-11(4-2)13-14-12-9-6-5-7-10-12/h3-10,13-14H,1-2H2/b11-8+. The molecule has 72 valence electrons. The van der Waals surface area contributed by atoms with Gasteiger partial charge in [-0.3, -0.25) is 0 Å². The second-order valence-electron chi connectivity index (χ2n) is 2.68. The minimum absolute atomic E-state index is 0.879. The Hall–Kier alpha value is -1.96. The van der Waals surface area contributed by atoms with Crippen LogP contribution < -0.4 is 10.9 Å².